The molecule has 0 radical (unpaired) electrons. The summed E-state index contributed by atoms with van der Waals surface area (Å²) in [6.07, 6.45) is 0. The van der Waals surface area contributed by atoms with Crippen molar-refractivity contribution in [2.45, 2.75) is 52.4 Å². The van der Waals surface area contributed by atoms with Crippen molar-refractivity contribution in [1.29, 1.82) is 0 Å². The first-order chi connectivity index (χ1) is 31.5. The van der Waals surface area contributed by atoms with Gasteiger partial charge in [0.05, 0.1) is 0 Å². The average molecular weight is 835 g/mol. The highest BCUT2D eigenvalue weighted by Crippen LogP contribution is 2.50. The van der Waals surface area contributed by atoms with Crippen LogP contribution in [-0.2, 0) is 10.8 Å². The minimum absolute atomic E-state index is 0.0192. The van der Waals surface area contributed by atoms with Crippen LogP contribution < -0.4 is 26.2 Å². The van der Waals surface area contributed by atoms with Gasteiger partial charge in [-0.15, -0.1) is 0 Å². The van der Waals surface area contributed by atoms with E-state index >= 15 is 0 Å². The third-order valence-corrected chi connectivity index (χ3v) is 14.1. The molecule has 0 bridgehead atoms. The summed E-state index contributed by atoms with van der Waals surface area (Å²) >= 11 is 0. The smallest absolute Gasteiger partial charge is 0.252 e. The molecule has 3 heteroatoms. The second-order valence-electron chi connectivity index (χ2n) is 20.2. The number of hydrogen-bond acceptors (Lipinski definition) is 2. The van der Waals surface area contributed by atoms with Crippen LogP contribution in [0.1, 0.15) is 52.7 Å². The van der Waals surface area contributed by atoms with Crippen molar-refractivity contribution in [2.75, 3.05) is 9.80 Å². The lowest BCUT2D eigenvalue weighted by Gasteiger charge is -2.45. The van der Waals surface area contributed by atoms with Crippen molar-refractivity contribution < 1.29 is 0 Å². The molecular weight excluding hydrogens is 784 g/mol. The summed E-state index contributed by atoms with van der Waals surface area (Å²) in [7, 11) is 0. The van der Waals surface area contributed by atoms with Gasteiger partial charge in [0.25, 0.3) is 6.71 Å². The first-order valence-electron chi connectivity index (χ1n) is 23.1. The van der Waals surface area contributed by atoms with Gasteiger partial charge in [0.1, 0.15) is 0 Å². The maximum Gasteiger partial charge on any atom is 0.252 e. The number of nitrogens with zero attached hydrogens (tertiary/aromatic N) is 2. The molecule has 2 aliphatic rings. The Balaban J connectivity index is 1.23. The lowest BCUT2D eigenvalue weighted by atomic mass is 9.33. The second-order valence-corrected chi connectivity index (χ2v) is 20.2. The summed E-state index contributed by atoms with van der Waals surface area (Å²) in [6.45, 7) is 14.0. The van der Waals surface area contributed by atoms with Crippen LogP contribution in [0, 0.1) is 0 Å². The Morgan fingerprint density at radius 2 is 0.754 bits per heavy atom. The SMILES string of the molecule is CC(C)(C)c1ccc2c(c1)N(c1ccccc1)c1cc(-c3c4ccccc4c(-c4ccc5ccccc5c4)c4ccccc34)cc3c1B2c1ccc(C(C)(C)C)cc1N3c1ccccc1. The molecule has 65 heavy (non-hydrogen) atoms. The maximum absolute atomic E-state index is 2.56. The van der Waals surface area contributed by atoms with Crippen LogP contribution in [0.25, 0.3) is 54.6 Å². The number of hydrogen-bond donors (Lipinski definition) is 0. The molecule has 0 aromatic heterocycles. The van der Waals surface area contributed by atoms with Gasteiger partial charge in [0.2, 0.25) is 0 Å². The van der Waals surface area contributed by atoms with E-state index in [-0.39, 0.29) is 17.5 Å². The highest BCUT2D eigenvalue weighted by atomic mass is 15.2. The Labute approximate surface area is 383 Å². The number of benzene rings is 10. The fourth-order valence-corrected chi connectivity index (χ4v) is 10.9. The van der Waals surface area contributed by atoms with Crippen LogP contribution in [-0.4, -0.2) is 6.71 Å². The fraction of sp³-hybridized carbons (Fsp3) is 0.129. The van der Waals surface area contributed by atoms with Gasteiger partial charge in [-0.2, -0.15) is 0 Å². The van der Waals surface area contributed by atoms with E-state index in [1.165, 1.54) is 105 Å². The van der Waals surface area contributed by atoms with Crippen LogP contribution in [0.2, 0.25) is 0 Å². The monoisotopic (exact) mass is 834 g/mol. The molecule has 0 spiro atoms. The van der Waals surface area contributed by atoms with Gasteiger partial charge in [0.15, 0.2) is 0 Å². The molecule has 0 amide bonds. The largest absolute Gasteiger partial charge is 0.311 e. The molecule has 0 saturated heterocycles. The molecule has 2 nitrogen and oxygen atoms in total. The molecule has 2 aliphatic heterocycles. The quantitative estimate of drug-likeness (QED) is 0.129. The van der Waals surface area contributed by atoms with Crippen LogP contribution in [0.4, 0.5) is 34.1 Å². The normalized spacial score (nSPS) is 13.3. The summed E-state index contributed by atoms with van der Waals surface area (Å²) in [6, 6.07) is 75.5. The van der Waals surface area contributed by atoms with E-state index in [9.17, 15) is 0 Å². The summed E-state index contributed by atoms with van der Waals surface area (Å²) in [5.74, 6) is 0. The predicted octanol–water partition coefficient (Wildman–Crippen LogP) is 15.2. The summed E-state index contributed by atoms with van der Waals surface area (Å²) < 4.78 is 0. The van der Waals surface area contributed by atoms with Gasteiger partial charge in [0, 0.05) is 34.1 Å². The average Bonchev–Trinajstić information content (AvgIpc) is 3.32. The van der Waals surface area contributed by atoms with Crippen LogP contribution in [0.3, 0.4) is 0 Å². The van der Waals surface area contributed by atoms with Crippen molar-refractivity contribution in [1.82, 2.24) is 0 Å². The molecule has 0 N–H and O–H groups in total. The van der Waals surface area contributed by atoms with Gasteiger partial charge in [-0.1, -0.05) is 187 Å². The molecule has 2 heterocycles. The number of fused-ring (bicyclic) bond motifs is 7. The Bertz CT molecular complexity index is 3330. The molecule has 0 fully saturated rings. The van der Waals surface area contributed by atoms with Crippen molar-refractivity contribution in [3.05, 3.63) is 211 Å². The first kappa shape index (κ1) is 39.3. The molecule has 312 valence electrons. The molecule has 0 atom stereocenters. The molecule has 0 aliphatic carbocycles. The van der Waals surface area contributed by atoms with Crippen molar-refractivity contribution in [2.24, 2.45) is 0 Å². The lowest BCUT2D eigenvalue weighted by Crippen LogP contribution is -2.61. The number of anilines is 6. The zero-order chi connectivity index (χ0) is 44.2. The lowest BCUT2D eigenvalue weighted by molar-refractivity contribution is 0.590. The third-order valence-electron chi connectivity index (χ3n) is 14.1. The molecule has 10 aromatic rings. The summed E-state index contributed by atoms with van der Waals surface area (Å²) in [4.78, 5) is 5.13. The topological polar surface area (TPSA) is 6.48 Å². The highest BCUT2D eigenvalue weighted by Gasteiger charge is 2.44. The Hall–Kier alpha value is -7.36. The number of rotatable bonds is 4. The third kappa shape index (κ3) is 6.24. The standard InChI is InChI=1S/C62H51BN2/c1-61(2,3)44-31-33-52-54(38-44)64(46-21-9-7-10-22-46)56-36-43(37-57-60(56)63(52)53-34-32-45(62(4,5)6)39-55(53)65(57)47-23-11-8-12-24-47)59-50-27-17-15-25-48(50)58(49-26-16-18-28-51(49)59)42-30-29-40-19-13-14-20-41(40)35-42/h7-39H,1-6H3. The maximum atomic E-state index is 2.56. The van der Waals surface area contributed by atoms with Gasteiger partial charge in [-0.25, -0.2) is 0 Å². The van der Waals surface area contributed by atoms with E-state index < -0.39 is 0 Å². The van der Waals surface area contributed by atoms with Gasteiger partial charge in [-0.3, -0.25) is 0 Å². The highest BCUT2D eigenvalue weighted by molar-refractivity contribution is 7.00. The molecule has 0 saturated carbocycles. The molecule has 12 rings (SSSR count). The zero-order valence-electron chi connectivity index (χ0n) is 38.0. The van der Waals surface area contributed by atoms with Crippen molar-refractivity contribution in [3.63, 3.8) is 0 Å². The summed E-state index contributed by atoms with van der Waals surface area (Å²) in [5, 5.41) is 7.49. The van der Waals surface area contributed by atoms with E-state index in [4.69, 9.17) is 0 Å². The van der Waals surface area contributed by atoms with Crippen LogP contribution in [0.15, 0.2) is 200 Å². The number of para-hydroxylation sites is 2. The van der Waals surface area contributed by atoms with E-state index in [1.807, 2.05) is 0 Å². The van der Waals surface area contributed by atoms with Crippen LogP contribution in [0.5, 0.6) is 0 Å². The van der Waals surface area contributed by atoms with E-state index in [2.05, 4.69) is 252 Å². The Kier molecular flexibility index (Phi) is 8.81. The fourth-order valence-electron chi connectivity index (χ4n) is 10.9. The van der Waals surface area contributed by atoms with Gasteiger partial charge < -0.3 is 9.80 Å². The van der Waals surface area contributed by atoms with Gasteiger partial charge in [-0.05, 0) is 148 Å². The van der Waals surface area contributed by atoms with E-state index in [1.54, 1.807) is 0 Å². The molecule has 0 unspecified atom stereocenters. The predicted molar refractivity (Wildman–Crippen MR) is 281 cm³/mol. The van der Waals surface area contributed by atoms with Crippen LogP contribution >= 0.6 is 0 Å². The minimum atomic E-state index is -0.0362. The van der Waals surface area contributed by atoms with Crippen molar-refractivity contribution >= 4 is 89.5 Å². The molecular formula is C62H51BN2. The van der Waals surface area contributed by atoms with E-state index in [0.717, 1.165) is 11.4 Å². The summed E-state index contributed by atoms with van der Waals surface area (Å²) in [5.41, 5.74) is 18.7. The Morgan fingerprint density at radius 1 is 0.338 bits per heavy atom. The minimum Gasteiger partial charge on any atom is -0.311 e. The Morgan fingerprint density at radius 3 is 1.22 bits per heavy atom. The van der Waals surface area contributed by atoms with Crippen molar-refractivity contribution in [3.8, 4) is 22.3 Å². The zero-order valence-corrected chi connectivity index (χ0v) is 38.0. The van der Waals surface area contributed by atoms with E-state index in [0.29, 0.717) is 0 Å². The second kappa shape index (κ2) is 14.6. The first-order valence-corrected chi connectivity index (χ1v) is 23.1. The van der Waals surface area contributed by atoms with Gasteiger partial charge >= 0.3 is 0 Å². The molecule has 10 aromatic carbocycles.